The van der Waals surface area contributed by atoms with Gasteiger partial charge in [0.25, 0.3) is 11.5 Å². The lowest BCUT2D eigenvalue weighted by molar-refractivity contribution is -0.139. The number of fused-ring (bicyclic) bond motifs is 1. The van der Waals surface area contributed by atoms with E-state index < -0.39 is 11.9 Å². The van der Waals surface area contributed by atoms with Gasteiger partial charge in [0.05, 0.1) is 17.4 Å². The molecule has 1 unspecified atom stereocenters. The monoisotopic (exact) mass is 410 g/mol. The highest BCUT2D eigenvalue weighted by Crippen LogP contribution is 2.18. The van der Waals surface area contributed by atoms with Crippen LogP contribution in [0.5, 0.6) is 5.75 Å². The number of hydrogen-bond donors (Lipinski definition) is 1. The molecule has 7 nitrogen and oxygen atoms in total. The molecule has 0 saturated carbocycles. The topological polar surface area (TPSA) is 78.5 Å². The number of para-hydroxylation sites is 2. The summed E-state index contributed by atoms with van der Waals surface area (Å²) >= 11 is 0. The number of benzene rings is 2. The maximum Gasteiger partial charge on any atom is 0.263 e. The molecule has 0 spiro atoms. The molecule has 1 aliphatic heterocycles. The normalized spacial score (nSPS) is 15.9. The molecule has 30 heavy (non-hydrogen) atoms. The predicted molar refractivity (Wildman–Crippen MR) is 111 cm³/mol. The Morgan fingerprint density at radius 3 is 2.60 bits per heavy atom. The van der Waals surface area contributed by atoms with E-state index >= 15 is 0 Å². The minimum atomic E-state index is -0.771. The summed E-state index contributed by atoms with van der Waals surface area (Å²) in [5, 5.41) is 0.570. The second-order valence-corrected chi connectivity index (χ2v) is 7.32. The molecule has 3 aromatic rings. The van der Waals surface area contributed by atoms with E-state index in [2.05, 4.69) is 14.9 Å². The van der Waals surface area contributed by atoms with Crippen molar-refractivity contribution in [3.63, 3.8) is 0 Å². The molecule has 2 heterocycles. The van der Waals surface area contributed by atoms with Crippen LogP contribution in [-0.2, 0) is 11.3 Å². The predicted octanol–water partition coefficient (Wildman–Crippen LogP) is 2.17. The Balaban J connectivity index is 1.34. The number of hydrogen-bond acceptors (Lipinski definition) is 5. The molecule has 4 rings (SSSR count). The first-order valence-corrected chi connectivity index (χ1v) is 9.91. The summed E-state index contributed by atoms with van der Waals surface area (Å²) in [5.74, 6) is 0.0204. The summed E-state index contributed by atoms with van der Waals surface area (Å²) in [6.07, 6.45) is -0.771. The third kappa shape index (κ3) is 4.33. The average molecular weight is 410 g/mol. The standard InChI is InChI=1S/C22H23FN4O3/c1-15(30-19-9-5-3-7-17(19)23)22(29)27-12-10-26(11-13-27)14-20-24-18-8-4-2-6-16(18)21(28)25-20/h2-9,15H,10-14H2,1H3,(H,24,25,28). The van der Waals surface area contributed by atoms with Crippen molar-refractivity contribution >= 4 is 16.8 Å². The number of piperazine rings is 1. The van der Waals surface area contributed by atoms with Gasteiger partial charge < -0.3 is 14.6 Å². The van der Waals surface area contributed by atoms with Gasteiger partial charge in [-0.1, -0.05) is 24.3 Å². The van der Waals surface area contributed by atoms with Crippen LogP contribution >= 0.6 is 0 Å². The Morgan fingerprint density at radius 2 is 1.83 bits per heavy atom. The van der Waals surface area contributed by atoms with E-state index in [1.54, 1.807) is 30.0 Å². The first-order chi connectivity index (χ1) is 14.5. The van der Waals surface area contributed by atoms with Crippen LogP contribution in [0.15, 0.2) is 53.3 Å². The zero-order valence-corrected chi connectivity index (χ0v) is 16.7. The van der Waals surface area contributed by atoms with Crippen LogP contribution in [0.4, 0.5) is 4.39 Å². The molecule has 1 saturated heterocycles. The van der Waals surface area contributed by atoms with Crippen LogP contribution in [0.2, 0.25) is 0 Å². The molecular weight excluding hydrogens is 387 g/mol. The number of nitrogens with zero attached hydrogens (tertiary/aromatic N) is 3. The number of aromatic amines is 1. The lowest BCUT2D eigenvalue weighted by Gasteiger charge is -2.35. The molecule has 1 aromatic heterocycles. The number of ether oxygens (including phenoxy) is 1. The number of aromatic nitrogens is 2. The van der Waals surface area contributed by atoms with Crippen LogP contribution < -0.4 is 10.3 Å². The number of nitrogens with one attached hydrogen (secondary N) is 1. The average Bonchev–Trinajstić information content (AvgIpc) is 2.75. The Morgan fingerprint density at radius 1 is 1.13 bits per heavy atom. The van der Waals surface area contributed by atoms with Crippen molar-refractivity contribution in [2.45, 2.75) is 19.6 Å². The van der Waals surface area contributed by atoms with Gasteiger partial charge >= 0.3 is 0 Å². The highest BCUT2D eigenvalue weighted by molar-refractivity contribution is 5.81. The van der Waals surface area contributed by atoms with E-state index in [0.717, 1.165) is 0 Å². The summed E-state index contributed by atoms with van der Waals surface area (Å²) in [6, 6.07) is 13.3. The van der Waals surface area contributed by atoms with Gasteiger partial charge in [-0.3, -0.25) is 14.5 Å². The molecule has 1 aliphatic rings. The number of carbonyl (C=O) groups excluding carboxylic acids is 1. The minimum absolute atomic E-state index is 0.0725. The number of H-pyrrole nitrogens is 1. The van der Waals surface area contributed by atoms with E-state index in [1.807, 2.05) is 18.2 Å². The molecule has 1 fully saturated rings. The van der Waals surface area contributed by atoms with Gasteiger partial charge in [-0.15, -0.1) is 0 Å². The second-order valence-electron chi connectivity index (χ2n) is 7.32. The van der Waals surface area contributed by atoms with Gasteiger partial charge in [-0.2, -0.15) is 0 Å². The SMILES string of the molecule is CC(Oc1ccccc1F)C(=O)N1CCN(Cc2nc3ccccc3c(=O)[nH]2)CC1. The van der Waals surface area contributed by atoms with Crippen molar-refractivity contribution in [3.05, 3.63) is 70.5 Å². The van der Waals surface area contributed by atoms with Gasteiger partial charge in [0.1, 0.15) is 5.82 Å². The number of halogens is 1. The molecule has 8 heteroatoms. The minimum Gasteiger partial charge on any atom is -0.478 e. The summed E-state index contributed by atoms with van der Waals surface area (Å²) in [4.78, 5) is 36.1. The van der Waals surface area contributed by atoms with Crippen LogP contribution in [-0.4, -0.2) is 58.0 Å². The summed E-state index contributed by atoms with van der Waals surface area (Å²) in [5.41, 5.74) is 0.521. The molecular formula is C22H23FN4O3. The van der Waals surface area contributed by atoms with Crippen LogP contribution in [0.3, 0.4) is 0 Å². The van der Waals surface area contributed by atoms with E-state index in [1.165, 1.54) is 12.1 Å². The smallest absolute Gasteiger partial charge is 0.263 e. The summed E-state index contributed by atoms with van der Waals surface area (Å²) in [7, 11) is 0. The van der Waals surface area contributed by atoms with E-state index in [-0.39, 0.29) is 17.2 Å². The highest BCUT2D eigenvalue weighted by Gasteiger charge is 2.27. The summed E-state index contributed by atoms with van der Waals surface area (Å²) < 4.78 is 19.3. The largest absolute Gasteiger partial charge is 0.478 e. The van der Waals surface area contributed by atoms with Crippen molar-refractivity contribution in [2.75, 3.05) is 26.2 Å². The van der Waals surface area contributed by atoms with Gasteiger partial charge in [0.2, 0.25) is 0 Å². The zero-order valence-electron chi connectivity index (χ0n) is 16.7. The van der Waals surface area contributed by atoms with E-state index in [9.17, 15) is 14.0 Å². The molecule has 156 valence electrons. The van der Waals surface area contributed by atoms with Gasteiger partial charge in [0.15, 0.2) is 17.7 Å². The van der Waals surface area contributed by atoms with Crippen LogP contribution in [0.25, 0.3) is 10.9 Å². The maximum atomic E-state index is 13.8. The fourth-order valence-corrected chi connectivity index (χ4v) is 3.59. The Bertz CT molecular complexity index is 1110. The molecule has 2 aromatic carbocycles. The van der Waals surface area contributed by atoms with Crippen LogP contribution in [0, 0.1) is 5.82 Å². The van der Waals surface area contributed by atoms with Gasteiger partial charge in [-0.05, 0) is 31.2 Å². The third-order valence-electron chi connectivity index (χ3n) is 5.21. The molecule has 0 bridgehead atoms. The van der Waals surface area contributed by atoms with Crippen molar-refractivity contribution in [1.29, 1.82) is 0 Å². The number of rotatable bonds is 5. The second kappa shape index (κ2) is 8.62. The van der Waals surface area contributed by atoms with Crippen molar-refractivity contribution in [2.24, 2.45) is 0 Å². The fraction of sp³-hybridized carbons (Fsp3) is 0.318. The number of carbonyl (C=O) groups is 1. The molecule has 1 N–H and O–H groups in total. The van der Waals surface area contributed by atoms with Gasteiger partial charge in [-0.25, -0.2) is 9.37 Å². The Labute approximate surface area is 173 Å². The molecule has 0 radical (unpaired) electrons. The third-order valence-corrected chi connectivity index (χ3v) is 5.21. The fourth-order valence-electron chi connectivity index (χ4n) is 3.59. The zero-order chi connectivity index (χ0) is 21.1. The molecule has 1 atom stereocenters. The maximum absolute atomic E-state index is 13.8. The van der Waals surface area contributed by atoms with Crippen molar-refractivity contribution < 1.29 is 13.9 Å². The van der Waals surface area contributed by atoms with Gasteiger partial charge in [0, 0.05) is 26.2 Å². The van der Waals surface area contributed by atoms with E-state index in [0.29, 0.717) is 49.5 Å². The highest BCUT2D eigenvalue weighted by atomic mass is 19.1. The first kappa shape index (κ1) is 20.0. The Hall–Kier alpha value is -3.26. The molecule has 1 amide bonds. The Kier molecular flexibility index (Phi) is 5.76. The molecule has 0 aliphatic carbocycles. The van der Waals surface area contributed by atoms with E-state index in [4.69, 9.17) is 4.74 Å². The first-order valence-electron chi connectivity index (χ1n) is 9.91. The van der Waals surface area contributed by atoms with Crippen LogP contribution in [0.1, 0.15) is 12.7 Å². The lowest BCUT2D eigenvalue weighted by atomic mass is 10.2. The quantitative estimate of drug-likeness (QED) is 0.698. The van der Waals surface area contributed by atoms with Crippen molar-refractivity contribution in [1.82, 2.24) is 19.8 Å². The van der Waals surface area contributed by atoms with Crippen molar-refractivity contribution in [3.8, 4) is 5.75 Å². The number of amides is 1. The summed E-state index contributed by atoms with van der Waals surface area (Å²) in [6.45, 7) is 4.49. The lowest BCUT2D eigenvalue weighted by Crippen LogP contribution is -2.51.